The first-order chi connectivity index (χ1) is 12.6. The maximum Gasteiger partial charge on any atom is 0.296 e. The Morgan fingerprint density at radius 3 is 2.27 bits per heavy atom. The van der Waals surface area contributed by atoms with E-state index in [2.05, 4.69) is 5.32 Å². The summed E-state index contributed by atoms with van der Waals surface area (Å²) in [4.78, 5) is 25.2. The van der Waals surface area contributed by atoms with Crippen LogP contribution >= 0.6 is 0 Å². The SMILES string of the molecule is CCn1cc(C(=O)C(=O)Nc2ccc(OC)cc2)c2cc(OC)ccc21. The predicted molar refractivity (Wildman–Crippen MR) is 100 cm³/mol. The number of aromatic nitrogens is 1. The molecule has 0 atom stereocenters. The fraction of sp³-hybridized carbons (Fsp3) is 0.200. The number of carbonyl (C=O) groups is 2. The van der Waals surface area contributed by atoms with Crippen LogP contribution in [0.4, 0.5) is 5.69 Å². The Morgan fingerprint density at radius 1 is 1.00 bits per heavy atom. The molecule has 3 aromatic rings. The number of rotatable bonds is 6. The molecule has 0 spiro atoms. The number of benzene rings is 2. The number of aryl methyl sites for hydroxylation is 1. The lowest BCUT2D eigenvalue weighted by Crippen LogP contribution is -2.22. The maximum absolute atomic E-state index is 12.7. The molecule has 1 N–H and O–H groups in total. The van der Waals surface area contributed by atoms with Gasteiger partial charge in [-0.05, 0) is 49.4 Å². The van der Waals surface area contributed by atoms with E-state index in [9.17, 15) is 9.59 Å². The molecule has 0 saturated carbocycles. The molecule has 1 amide bonds. The van der Waals surface area contributed by atoms with Crippen LogP contribution < -0.4 is 14.8 Å². The topological polar surface area (TPSA) is 69.6 Å². The molecular weight excluding hydrogens is 332 g/mol. The molecule has 0 radical (unpaired) electrons. The molecule has 2 aromatic carbocycles. The van der Waals surface area contributed by atoms with E-state index in [1.165, 1.54) is 0 Å². The van der Waals surface area contributed by atoms with E-state index < -0.39 is 11.7 Å². The normalized spacial score (nSPS) is 10.6. The van der Waals surface area contributed by atoms with Crippen LogP contribution in [-0.4, -0.2) is 30.5 Å². The van der Waals surface area contributed by atoms with Crippen molar-refractivity contribution in [2.24, 2.45) is 0 Å². The summed E-state index contributed by atoms with van der Waals surface area (Å²) in [6, 6.07) is 12.3. The zero-order chi connectivity index (χ0) is 18.7. The number of ether oxygens (including phenoxy) is 2. The van der Waals surface area contributed by atoms with Crippen molar-refractivity contribution in [3.8, 4) is 11.5 Å². The van der Waals surface area contributed by atoms with Gasteiger partial charge < -0.3 is 19.4 Å². The van der Waals surface area contributed by atoms with Crippen LogP contribution in [0.2, 0.25) is 0 Å². The molecule has 0 saturated heterocycles. The molecule has 0 aliphatic rings. The Kier molecular flexibility index (Phi) is 4.93. The van der Waals surface area contributed by atoms with Gasteiger partial charge in [0.1, 0.15) is 11.5 Å². The van der Waals surface area contributed by atoms with Gasteiger partial charge in [0.25, 0.3) is 11.7 Å². The van der Waals surface area contributed by atoms with Gasteiger partial charge in [0.05, 0.1) is 19.8 Å². The van der Waals surface area contributed by atoms with E-state index in [-0.39, 0.29) is 0 Å². The van der Waals surface area contributed by atoms with Gasteiger partial charge in [0.2, 0.25) is 0 Å². The van der Waals surface area contributed by atoms with Gasteiger partial charge in [-0.25, -0.2) is 0 Å². The number of nitrogens with one attached hydrogen (secondary N) is 1. The van der Waals surface area contributed by atoms with Crippen LogP contribution in [0, 0.1) is 0 Å². The van der Waals surface area contributed by atoms with Gasteiger partial charge in [0.15, 0.2) is 0 Å². The van der Waals surface area contributed by atoms with Crippen LogP contribution in [-0.2, 0) is 11.3 Å². The second-order valence-electron chi connectivity index (χ2n) is 5.72. The van der Waals surface area contributed by atoms with Crippen molar-refractivity contribution in [1.29, 1.82) is 0 Å². The van der Waals surface area contributed by atoms with E-state index in [0.29, 0.717) is 34.7 Å². The summed E-state index contributed by atoms with van der Waals surface area (Å²) < 4.78 is 12.3. The average molecular weight is 352 g/mol. The highest BCUT2D eigenvalue weighted by molar-refractivity contribution is 6.48. The van der Waals surface area contributed by atoms with E-state index in [0.717, 1.165) is 5.52 Å². The van der Waals surface area contributed by atoms with E-state index >= 15 is 0 Å². The van der Waals surface area contributed by atoms with Crippen molar-refractivity contribution in [2.45, 2.75) is 13.5 Å². The van der Waals surface area contributed by atoms with Crippen molar-refractivity contribution < 1.29 is 19.1 Å². The molecule has 0 aliphatic carbocycles. The number of hydrogen-bond donors (Lipinski definition) is 1. The Labute approximate surface area is 151 Å². The highest BCUT2D eigenvalue weighted by atomic mass is 16.5. The van der Waals surface area contributed by atoms with Crippen LogP contribution in [0.15, 0.2) is 48.7 Å². The summed E-state index contributed by atoms with van der Waals surface area (Å²) in [5.41, 5.74) is 1.77. The first kappa shape index (κ1) is 17.5. The molecule has 134 valence electrons. The molecule has 0 fully saturated rings. The Hall–Kier alpha value is -3.28. The fourth-order valence-electron chi connectivity index (χ4n) is 2.83. The van der Waals surface area contributed by atoms with E-state index in [4.69, 9.17) is 9.47 Å². The second-order valence-corrected chi connectivity index (χ2v) is 5.72. The van der Waals surface area contributed by atoms with E-state index in [1.807, 2.05) is 23.6 Å². The van der Waals surface area contributed by atoms with Crippen molar-refractivity contribution in [1.82, 2.24) is 4.57 Å². The largest absolute Gasteiger partial charge is 0.497 e. The van der Waals surface area contributed by atoms with Gasteiger partial charge in [-0.15, -0.1) is 0 Å². The Balaban J connectivity index is 1.91. The number of anilines is 1. The minimum Gasteiger partial charge on any atom is -0.497 e. The van der Waals surface area contributed by atoms with Gasteiger partial charge in [0, 0.05) is 29.3 Å². The standard InChI is InChI=1S/C20H20N2O4/c1-4-22-12-17(16-11-15(26-3)9-10-18(16)22)19(23)20(24)21-13-5-7-14(25-2)8-6-13/h5-12H,4H2,1-3H3,(H,21,24). The Morgan fingerprint density at radius 2 is 1.65 bits per heavy atom. The molecule has 1 heterocycles. The van der Waals surface area contributed by atoms with Crippen molar-refractivity contribution >= 4 is 28.3 Å². The monoisotopic (exact) mass is 352 g/mol. The molecule has 0 aliphatic heterocycles. The van der Waals surface area contributed by atoms with Crippen molar-refractivity contribution in [3.63, 3.8) is 0 Å². The molecular formula is C20H20N2O4. The number of carbonyl (C=O) groups excluding carboxylic acids is 2. The number of hydrogen-bond acceptors (Lipinski definition) is 4. The lowest BCUT2D eigenvalue weighted by Gasteiger charge is -2.05. The zero-order valence-electron chi connectivity index (χ0n) is 14.9. The first-order valence-corrected chi connectivity index (χ1v) is 8.24. The molecule has 6 nitrogen and oxygen atoms in total. The Bertz CT molecular complexity index is 958. The second kappa shape index (κ2) is 7.31. The number of amides is 1. The van der Waals surface area contributed by atoms with Crippen molar-refractivity contribution in [3.05, 3.63) is 54.2 Å². The maximum atomic E-state index is 12.7. The quantitative estimate of drug-likeness (QED) is 0.544. The molecule has 0 unspecified atom stereocenters. The summed E-state index contributed by atoms with van der Waals surface area (Å²) in [7, 11) is 3.13. The predicted octanol–water partition coefficient (Wildman–Crippen LogP) is 3.50. The smallest absolute Gasteiger partial charge is 0.296 e. The fourth-order valence-corrected chi connectivity index (χ4v) is 2.83. The van der Waals surface area contributed by atoms with Gasteiger partial charge >= 0.3 is 0 Å². The lowest BCUT2D eigenvalue weighted by molar-refractivity contribution is -0.112. The van der Waals surface area contributed by atoms with Crippen LogP contribution in [0.1, 0.15) is 17.3 Å². The number of nitrogens with zero attached hydrogens (tertiary/aromatic N) is 1. The van der Waals surface area contributed by atoms with Gasteiger partial charge in [-0.1, -0.05) is 0 Å². The first-order valence-electron chi connectivity index (χ1n) is 8.24. The summed E-state index contributed by atoms with van der Waals surface area (Å²) >= 11 is 0. The zero-order valence-corrected chi connectivity index (χ0v) is 14.9. The summed E-state index contributed by atoms with van der Waals surface area (Å²) in [5.74, 6) is 0.0304. The number of ketones is 1. The number of Topliss-reactive ketones (excluding diaryl/α,β-unsaturated/α-hetero) is 1. The van der Waals surface area contributed by atoms with Crippen molar-refractivity contribution in [2.75, 3.05) is 19.5 Å². The molecule has 26 heavy (non-hydrogen) atoms. The highest BCUT2D eigenvalue weighted by Crippen LogP contribution is 2.27. The number of fused-ring (bicyclic) bond motifs is 1. The lowest BCUT2D eigenvalue weighted by atomic mass is 10.1. The third-order valence-corrected chi connectivity index (χ3v) is 4.23. The highest BCUT2D eigenvalue weighted by Gasteiger charge is 2.22. The molecule has 1 aromatic heterocycles. The average Bonchev–Trinajstić information content (AvgIpc) is 3.05. The minimum absolute atomic E-state index is 0.353. The summed E-state index contributed by atoms with van der Waals surface area (Å²) in [5, 5.41) is 3.32. The summed E-state index contributed by atoms with van der Waals surface area (Å²) in [6.45, 7) is 2.67. The third-order valence-electron chi connectivity index (χ3n) is 4.23. The molecule has 6 heteroatoms. The van der Waals surface area contributed by atoms with Crippen LogP contribution in [0.5, 0.6) is 11.5 Å². The molecule has 3 rings (SSSR count). The van der Waals surface area contributed by atoms with Crippen LogP contribution in [0.3, 0.4) is 0 Å². The van der Waals surface area contributed by atoms with E-state index in [1.54, 1.807) is 50.7 Å². The van der Waals surface area contributed by atoms with Gasteiger partial charge in [-0.2, -0.15) is 0 Å². The van der Waals surface area contributed by atoms with Crippen LogP contribution in [0.25, 0.3) is 10.9 Å². The number of methoxy groups -OCH3 is 2. The minimum atomic E-state index is -0.687. The van der Waals surface area contributed by atoms with Gasteiger partial charge in [-0.3, -0.25) is 9.59 Å². The summed E-state index contributed by atoms with van der Waals surface area (Å²) in [6.07, 6.45) is 1.71. The molecule has 0 bridgehead atoms. The third kappa shape index (κ3) is 3.26.